The lowest BCUT2D eigenvalue weighted by Gasteiger charge is -2.28. The highest BCUT2D eigenvalue weighted by Crippen LogP contribution is 2.43. The number of rotatable bonds is 9. The van der Waals surface area contributed by atoms with E-state index >= 15 is 0 Å². The molecule has 3 unspecified atom stereocenters. The fourth-order valence-electron chi connectivity index (χ4n) is 4.46. The van der Waals surface area contributed by atoms with E-state index in [1.54, 1.807) is 31.3 Å². The highest BCUT2D eigenvalue weighted by atomic mass is 32.2. The van der Waals surface area contributed by atoms with Crippen LogP contribution in [-0.4, -0.2) is 59.9 Å². The molecule has 2 aromatic heterocycles. The number of aliphatic hydroxyl groups excluding tert-OH is 1. The van der Waals surface area contributed by atoms with Crippen LogP contribution in [0.25, 0.3) is 5.52 Å². The Bertz CT molecular complexity index is 1360. The fraction of sp³-hybridized carbons (Fsp3) is 0.458. The SMILES string of the molecule is CCN(C)S(=O)(=O)NC(O)c1cnn2ccc(N3CC(F)CC3c3cc(F)ccc3OC3CC3)cc12. The molecule has 194 valence electrons. The van der Waals surface area contributed by atoms with Gasteiger partial charge < -0.3 is 14.7 Å². The number of anilines is 1. The third-order valence-electron chi connectivity index (χ3n) is 6.68. The molecule has 1 saturated heterocycles. The van der Waals surface area contributed by atoms with Crippen molar-refractivity contribution in [2.24, 2.45) is 0 Å². The zero-order valence-corrected chi connectivity index (χ0v) is 20.8. The van der Waals surface area contributed by atoms with E-state index in [-0.39, 0.29) is 31.2 Å². The van der Waals surface area contributed by atoms with Crippen LogP contribution in [0.15, 0.2) is 42.7 Å². The van der Waals surface area contributed by atoms with Crippen LogP contribution < -0.4 is 14.4 Å². The third kappa shape index (κ3) is 4.90. The van der Waals surface area contributed by atoms with Crippen molar-refractivity contribution in [2.75, 3.05) is 25.0 Å². The van der Waals surface area contributed by atoms with Gasteiger partial charge in [-0.1, -0.05) is 6.92 Å². The molecule has 0 amide bonds. The van der Waals surface area contributed by atoms with E-state index in [0.717, 1.165) is 17.1 Å². The zero-order valence-electron chi connectivity index (χ0n) is 20.0. The molecule has 5 rings (SSSR count). The summed E-state index contributed by atoms with van der Waals surface area (Å²) in [6, 6.07) is 7.36. The second-order valence-corrected chi connectivity index (χ2v) is 11.1. The third-order valence-corrected chi connectivity index (χ3v) is 8.28. The molecular formula is C24H29F2N5O4S. The van der Waals surface area contributed by atoms with Crippen LogP contribution in [0.5, 0.6) is 5.75 Å². The maximum Gasteiger partial charge on any atom is 0.281 e. The van der Waals surface area contributed by atoms with Gasteiger partial charge in [-0.05, 0) is 43.2 Å². The van der Waals surface area contributed by atoms with Gasteiger partial charge in [0.05, 0.1) is 23.9 Å². The molecule has 2 fully saturated rings. The number of halogens is 2. The number of alkyl halides is 1. The van der Waals surface area contributed by atoms with Crippen molar-refractivity contribution in [3.05, 3.63) is 59.7 Å². The Labute approximate surface area is 208 Å². The Morgan fingerprint density at radius 3 is 2.81 bits per heavy atom. The molecule has 0 radical (unpaired) electrons. The summed E-state index contributed by atoms with van der Waals surface area (Å²) >= 11 is 0. The van der Waals surface area contributed by atoms with Gasteiger partial charge in [0.2, 0.25) is 0 Å². The minimum Gasteiger partial charge on any atom is -0.490 e. The number of hydrogen-bond donors (Lipinski definition) is 2. The van der Waals surface area contributed by atoms with Crippen molar-refractivity contribution < 1.29 is 27.0 Å². The number of nitrogens with one attached hydrogen (secondary N) is 1. The number of aliphatic hydroxyl groups is 1. The van der Waals surface area contributed by atoms with Crippen molar-refractivity contribution in [2.45, 2.75) is 50.7 Å². The van der Waals surface area contributed by atoms with Crippen LogP contribution in [0.3, 0.4) is 0 Å². The highest BCUT2D eigenvalue weighted by Gasteiger charge is 2.37. The van der Waals surface area contributed by atoms with E-state index in [0.29, 0.717) is 22.5 Å². The van der Waals surface area contributed by atoms with Gasteiger partial charge in [0.25, 0.3) is 10.2 Å². The van der Waals surface area contributed by atoms with Gasteiger partial charge in [0.1, 0.15) is 24.0 Å². The Morgan fingerprint density at radius 1 is 1.31 bits per heavy atom. The van der Waals surface area contributed by atoms with Crippen molar-refractivity contribution in [1.29, 1.82) is 0 Å². The topological polar surface area (TPSA) is 99.4 Å². The van der Waals surface area contributed by atoms with Crippen molar-refractivity contribution in [3.63, 3.8) is 0 Å². The molecule has 12 heteroatoms. The predicted octanol–water partition coefficient (Wildman–Crippen LogP) is 3.08. The van der Waals surface area contributed by atoms with Crippen molar-refractivity contribution >= 4 is 21.4 Å². The molecule has 1 aromatic carbocycles. The molecule has 3 aromatic rings. The Balaban J connectivity index is 1.48. The van der Waals surface area contributed by atoms with Crippen LogP contribution in [0, 0.1) is 5.82 Å². The number of pyridine rings is 1. The second-order valence-electron chi connectivity index (χ2n) is 9.25. The van der Waals surface area contributed by atoms with E-state index in [1.807, 2.05) is 4.90 Å². The van der Waals surface area contributed by atoms with Crippen molar-refractivity contribution in [3.8, 4) is 5.75 Å². The number of nitrogens with zero attached hydrogens (tertiary/aromatic N) is 4. The first kappa shape index (κ1) is 24.9. The average molecular weight is 522 g/mol. The molecule has 36 heavy (non-hydrogen) atoms. The summed E-state index contributed by atoms with van der Waals surface area (Å²) in [5.74, 6) is 0.135. The van der Waals surface area contributed by atoms with Gasteiger partial charge >= 0.3 is 0 Å². The first-order valence-electron chi connectivity index (χ1n) is 11.9. The number of aromatic nitrogens is 2. The predicted molar refractivity (Wildman–Crippen MR) is 130 cm³/mol. The van der Waals surface area contributed by atoms with Gasteiger partial charge in [0.15, 0.2) is 0 Å². The summed E-state index contributed by atoms with van der Waals surface area (Å²) < 4.78 is 64.6. The van der Waals surface area contributed by atoms with Gasteiger partial charge in [0, 0.05) is 49.6 Å². The van der Waals surface area contributed by atoms with Crippen LogP contribution in [0.2, 0.25) is 0 Å². The Morgan fingerprint density at radius 2 is 2.08 bits per heavy atom. The minimum absolute atomic E-state index is 0.0974. The van der Waals surface area contributed by atoms with Crippen molar-refractivity contribution in [1.82, 2.24) is 18.6 Å². The summed E-state index contributed by atoms with van der Waals surface area (Å²) in [6.45, 7) is 2.01. The maximum atomic E-state index is 14.7. The number of fused-ring (bicyclic) bond motifs is 1. The Kier molecular flexibility index (Phi) is 6.62. The number of ether oxygens (including phenoxy) is 1. The van der Waals surface area contributed by atoms with E-state index < -0.39 is 34.5 Å². The highest BCUT2D eigenvalue weighted by molar-refractivity contribution is 7.87. The van der Waals surface area contributed by atoms with E-state index in [1.165, 1.54) is 29.9 Å². The average Bonchev–Trinajstić information content (AvgIpc) is 3.42. The van der Waals surface area contributed by atoms with Gasteiger partial charge in [-0.2, -0.15) is 22.5 Å². The summed E-state index contributed by atoms with van der Waals surface area (Å²) in [5, 5.41) is 14.9. The standard InChI is InChI=1S/C24H29F2N5O4S/c1-3-29(2)36(33,34)28-24(32)20-13-27-31-9-8-17(12-22(20)31)30-14-16(26)11-21(30)19-10-15(25)4-7-23(19)35-18-5-6-18/h4,7-10,12-13,16,18,21,24,28,32H,3,5-6,11,14H2,1-2H3. The lowest BCUT2D eigenvalue weighted by molar-refractivity contribution is 0.165. The number of hydrogen-bond acceptors (Lipinski definition) is 6. The van der Waals surface area contributed by atoms with E-state index in [4.69, 9.17) is 4.74 Å². The Hall–Kier alpha value is -2.80. The summed E-state index contributed by atoms with van der Waals surface area (Å²) in [6.07, 6.45) is 2.53. The largest absolute Gasteiger partial charge is 0.490 e. The molecule has 1 saturated carbocycles. The molecule has 2 aliphatic rings. The first-order valence-corrected chi connectivity index (χ1v) is 13.4. The molecule has 2 N–H and O–H groups in total. The molecule has 3 heterocycles. The van der Waals surface area contributed by atoms with E-state index in [2.05, 4.69) is 9.82 Å². The molecule has 9 nitrogen and oxygen atoms in total. The van der Waals surface area contributed by atoms with Crippen LogP contribution in [0.4, 0.5) is 14.5 Å². The van der Waals surface area contributed by atoms with Crippen LogP contribution in [0.1, 0.15) is 49.6 Å². The number of benzene rings is 1. The van der Waals surface area contributed by atoms with Gasteiger partial charge in [-0.25, -0.2) is 13.3 Å². The summed E-state index contributed by atoms with van der Waals surface area (Å²) in [5.41, 5.74) is 1.93. The zero-order chi connectivity index (χ0) is 25.6. The quantitative estimate of drug-likeness (QED) is 0.420. The normalized spacial score (nSPS) is 21.4. The molecular weight excluding hydrogens is 492 g/mol. The summed E-state index contributed by atoms with van der Waals surface area (Å²) in [4.78, 5) is 1.84. The molecule has 0 bridgehead atoms. The molecule has 0 spiro atoms. The fourth-order valence-corrected chi connectivity index (χ4v) is 5.39. The smallest absolute Gasteiger partial charge is 0.281 e. The maximum absolute atomic E-state index is 14.7. The summed E-state index contributed by atoms with van der Waals surface area (Å²) in [7, 11) is -2.51. The van der Waals surface area contributed by atoms with E-state index in [9.17, 15) is 22.3 Å². The van der Waals surface area contributed by atoms with Gasteiger partial charge in [-0.15, -0.1) is 0 Å². The minimum atomic E-state index is -3.91. The van der Waals surface area contributed by atoms with Crippen LogP contribution >= 0.6 is 0 Å². The molecule has 1 aliphatic carbocycles. The van der Waals surface area contributed by atoms with Gasteiger partial charge in [-0.3, -0.25) is 0 Å². The first-order chi connectivity index (χ1) is 17.2. The second kappa shape index (κ2) is 9.58. The lowest BCUT2D eigenvalue weighted by Crippen LogP contribution is -2.40. The molecule has 3 atom stereocenters. The monoisotopic (exact) mass is 521 g/mol. The van der Waals surface area contributed by atoms with Crippen LogP contribution in [-0.2, 0) is 10.2 Å². The lowest BCUT2D eigenvalue weighted by atomic mass is 10.0. The molecule has 1 aliphatic heterocycles.